The Morgan fingerprint density at radius 1 is 1.14 bits per heavy atom. The van der Waals surface area contributed by atoms with Crippen LogP contribution in [0.5, 0.6) is 5.75 Å². The van der Waals surface area contributed by atoms with Crippen molar-refractivity contribution in [2.24, 2.45) is 5.16 Å². The highest BCUT2D eigenvalue weighted by atomic mass is 79.9. The van der Waals surface area contributed by atoms with E-state index < -0.39 is 0 Å². The van der Waals surface area contributed by atoms with E-state index >= 15 is 0 Å². The molecule has 2 aromatic carbocycles. The number of amides is 1. The number of anilines is 2. The summed E-state index contributed by atoms with van der Waals surface area (Å²) in [5, 5.41) is 4.23. The van der Waals surface area contributed by atoms with Crippen LogP contribution in [0.4, 0.5) is 11.4 Å². The van der Waals surface area contributed by atoms with E-state index in [1.807, 2.05) is 29.2 Å². The van der Waals surface area contributed by atoms with Crippen molar-refractivity contribution in [1.29, 1.82) is 0 Å². The fourth-order valence-corrected chi connectivity index (χ4v) is 5.73. The molecule has 0 unspecified atom stereocenters. The van der Waals surface area contributed by atoms with Crippen molar-refractivity contribution in [1.82, 2.24) is 4.90 Å². The number of carbonyl (C=O) groups excluding carboxylic acids is 1. The Morgan fingerprint density at radius 3 is 2.64 bits per heavy atom. The Bertz CT molecular complexity index is 1160. The van der Waals surface area contributed by atoms with Crippen molar-refractivity contribution in [2.75, 3.05) is 49.1 Å². The maximum atomic E-state index is 13.4. The van der Waals surface area contributed by atoms with Gasteiger partial charge in [0.05, 0.1) is 11.8 Å². The Labute approximate surface area is 222 Å². The zero-order chi connectivity index (χ0) is 25.4. The van der Waals surface area contributed by atoms with Gasteiger partial charge < -0.3 is 19.4 Å². The first-order chi connectivity index (χ1) is 17.2. The molecule has 1 amide bonds. The largest absolute Gasteiger partial charge is 0.489 e. The molecule has 3 heterocycles. The van der Waals surface area contributed by atoms with Crippen LogP contribution in [0.3, 0.4) is 0 Å². The number of halogens is 1. The molecular weight excluding hydrogens is 520 g/mol. The predicted octanol–water partition coefficient (Wildman–Crippen LogP) is 4.83. The Kier molecular flexibility index (Phi) is 7.01. The van der Waals surface area contributed by atoms with Crippen LogP contribution < -0.4 is 14.5 Å². The Morgan fingerprint density at radius 2 is 1.89 bits per heavy atom. The highest BCUT2D eigenvalue weighted by molar-refractivity contribution is 9.10. The van der Waals surface area contributed by atoms with Gasteiger partial charge in [-0.05, 0) is 49.7 Å². The summed E-state index contributed by atoms with van der Waals surface area (Å²) in [6, 6.07) is 14.4. The van der Waals surface area contributed by atoms with Crippen molar-refractivity contribution in [3.8, 4) is 5.75 Å². The number of piperazine rings is 1. The average Bonchev–Trinajstić information content (AvgIpc) is 3.41. The SMILES string of the molecule is CC(C)Oc1ccccc1N1CCN(C[C@H]2CC(C(=O)N3CC(C)(C)c4cc(Br)ccc43)=NO2)CC1. The summed E-state index contributed by atoms with van der Waals surface area (Å²) in [7, 11) is 0. The lowest BCUT2D eigenvalue weighted by Crippen LogP contribution is -2.49. The topological polar surface area (TPSA) is 57.6 Å². The number of benzene rings is 2. The standard InChI is InChI=1S/C28H35BrN4O3/c1-19(2)35-26-8-6-5-7-25(26)32-13-11-31(12-14-32)17-21-16-23(30-36-21)27(34)33-18-28(3,4)22-15-20(29)9-10-24(22)33/h5-10,15,19,21H,11-14,16-18H2,1-4H3/t21-/m1/s1. The van der Waals surface area contributed by atoms with Gasteiger partial charge in [-0.15, -0.1) is 0 Å². The van der Waals surface area contributed by atoms with Gasteiger partial charge in [0, 0.05) is 61.3 Å². The second kappa shape index (κ2) is 10.1. The number of fused-ring (bicyclic) bond motifs is 1. The lowest BCUT2D eigenvalue weighted by molar-refractivity contribution is -0.112. The third kappa shape index (κ3) is 5.11. The fourth-order valence-electron chi connectivity index (χ4n) is 5.37. The number of nitrogens with zero attached hydrogens (tertiary/aromatic N) is 4. The highest BCUT2D eigenvalue weighted by Crippen LogP contribution is 2.42. The van der Waals surface area contributed by atoms with Crippen LogP contribution in [0.2, 0.25) is 0 Å². The summed E-state index contributed by atoms with van der Waals surface area (Å²) in [5.41, 5.74) is 3.72. The van der Waals surface area contributed by atoms with Crippen molar-refractivity contribution >= 4 is 38.9 Å². The van der Waals surface area contributed by atoms with Crippen molar-refractivity contribution in [3.63, 3.8) is 0 Å². The zero-order valence-corrected chi connectivity index (χ0v) is 23.1. The van der Waals surface area contributed by atoms with Crippen LogP contribution in [0.25, 0.3) is 0 Å². The molecular formula is C28H35BrN4O3. The van der Waals surface area contributed by atoms with Crippen molar-refractivity contribution in [2.45, 2.75) is 51.7 Å². The molecule has 1 fully saturated rings. The molecule has 5 rings (SSSR count). The molecule has 1 saturated heterocycles. The Hall–Kier alpha value is -2.58. The minimum absolute atomic E-state index is 0.0433. The summed E-state index contributed by atoms with van der Waals surface area (Å²) >= 11 is 3.56. The van der Waals surface area contributed by atoms with Gasteiger partial charge in [0.15, 0.2) is 0 Å². The summed E-state index contributed by atoms with van der Waals surface area (Å²) in [5.74, 6) is 0.897. The fraction of sp³-hybridized carbons (Fsp3) is 0.500. The number of oxime groups is 1. The number of ether oxygens (including phenoxy) is 1. The van der Waals surface area contributed by atoms with Gasteiger partial charge in [0.1, 0.15) is 17.6 Å². The van der Waals surface area contributed by atoms with E-state index in [0.29, 0.717) is 18.7 Å². The van der Waals surface area contributed by atoms with Crippen LogP contribution in [0.1, 0.15) is 39.7 Å². The molecule has 0 saturated carbocycles. The Balaban J connectivity index is 1.15. The van der Waals surface area contributed by atoms with E-state index in [4.69, 9.17) is 9.57 Å². The molecule has 192 valence electrons. The van der Waals surface area contributed by atoms with E-state index in [1.165, 1.54) is 5.56 Å². The van der Waals surface area contributed by atoms with Gasteiger partial charge in [-0.3, -0.25) is 9.69 Å². The molecule has 36 heavy (non-hydrogen) atoms. The van der Waals surface area contributed by atoms with Gasteiger partial charge in [-0.25, -0.2) is 0 Å². The number of para-hydroxylation sites is 2. The van der Waals surface area contributed by atoms with Gasteiger partial charge in [0.25, 0.3) is 5.91 Å². The molecule has 2 aromatic rings. The highest BCUT2D eigenvalue weighted by Gasteiger charge is 2.41. The molecule has 0 radical (unpaired) electrons. The minimum Gasteiger partial charge on any atom is -0.489 e. The number of rotatable bonds is 6. The van der Waals surface area contributed by atoms with Gasteiger partial charge in [-0.2, -0.15) is 0 Å². The molecule has 0 N–H and O–H groups in total. The molecule has 3 aliphatic rings. The molecule has 0 spiro atoms. The van der Waals surface area contributed by atoms with E-state index in [2.05, 4.69) is 76.8 Å². The second-order valence-corrected chi connectivity index (χ2v) is 11.7. The van der Waals surface area contributed by atoms with Crippen LogP contribution in [-0.4, -0.2) is 68.0 Å². The lowest BCUT2D eigenvalue weighted by Gasteiger charge is -2.37. The molecule has 0 aromatic heterocycles. The van der Waals surface area contributed by atoms with E-state index in [-0.39, 0.29) is 23.5 Å². The minimum atomic E-state index is -0.104. The van der Waals surface area contributed by atoms with E-state index in [0.717, 1.165) is 54.3 Å². The first-order valence-corrected chi connectivity index (χ1v) is 13.6. The van der Waals surface area contributed by atoms with Crippen LogP contribution in [0, 0.1) is 0 Å². The summed E-state index contributed by atoms with van der Waals surface area (Å²) in [6.45, 7) is 13.6. The third-order valence-corrected chi connectivity index (χ3v) is 7.65. The monoisotopic (exact) mass is 554 g/mol. The summed E-state index contributed by atoms with van der Waals surface area (Å²) in [4.78, 5) is 25.8. The van der Waals surface area contributed by atoms with Crippen LogP contribution in [0.15, 0.2) is 52.1 Å². The quantitative estimate of drug-likeness (QED) is 0.512. The molecule has 8 heteroatoms. The maximum absolute atomic E-state index is 13.4. The summed E-state index contributed by atoms with van der Waals surface area (Å²) < 4.78 is 7.05. The molecule has 1 atom stereocenters. The van der Waals surface area contributed by atoms with Gasteiger partial charge in [0.2, 0.25) is 0 Å². The first-order valence-electron chi connectivity index (χ1n) is 12.8. The molecule has 0 aliphatic carbocycles. The molecule has 0 bridgehead atoms. The third-order valence-electron chi connectivity index (χ3n) is 7.16. The average molecular weight is 556 g/mol. The first kappa shape index (κ1) is 25.1. The van der Waals surface area contributed by atoms with Crippen LogP contribution in [-0.2, 0) is 15.0 Å². The van der Waals surface area contributed by atoms with Crippen molar-refractivity contribution < 1.29 is 14.4 Å². The predicted molar refractivity (Wildman–Crippen MR) is 147 cm³/mol. The number of hydrogen-bond acceptors (Lipinski definition) is 6. The molecule has 3 aliphatic heterocycles. The second-order valence-electron chi connectivity index (χ2n) is 10.8. The zero-order valence-electron chi connectivity index (χ0n) is 21.5. The van der Waals surface area contributed by atoms with Gasteiger partial charge >= 0.3 is 0 Å². The van der Waals surface area contributed by atoms with Gasteiger partial charge in [-0.1, -0.05) is 47.1 Å². The van der Waals surface area contributed by atoms with Crippen LogP contribution >= 0.6 is 15.9 Å². The van der Waals surface area contributed by atoms with Crippen molar-refractivity contribution in [3.05, 3.63) is 52.5 Å². The normalized spacial score (nSPS) is 21.4. The van der Waals surface area contributed by atoms with E-state index in [1.54, 1.807) is 0 Å². The summed E-state index contributed by atoms with van der Waals surface area (Å²) in [6.07, 6.45) is 0.602. The lowest BCUT2D eigenvalue weighted by atomic mass is 9.87. The number of hydrogen-bond donors (Lipinski definition) is 0. The smallest absolute Gasteiger partial charge is 0.276 e. The molecule has 7 nitrogen and oxygen atoms in total. The van der Waals surface area contributed by atoms with E-state index in [9.17, 15) is 4.79 Å². The number of carbonyl (C=O) groups is 1. The maximum Gasteiger partial charge on any atom is 0.276 e.